The van der Waals surface area contributed by atoms with Crippen LogP contribution in [0.25, 0.3) is 0 Å². The van der Waals surface area contributed by atoms with Gasteiger partial charge < -0.3 is 5.11 Å². The van der Waals surface area contributed by atoms with Crippen LogP contribution in [0.5, 0.6) is 5.75 Å². The van der Waals surface area contributed by atoms with Crippen LogP contribution in [0.2, 0.25) is 0 Å². The van der Waals surface area contributed by atoms with E-state index in [-0.39, 0.29) is 5.41 Å². The Morgan fingerprint density at radius 1 is 1.19 bits per heavy atom. The van der Waals surface area contributed by atoms with Crippen LogP contribution in [0.4, 0.5) is 0 Å². The van der Waals surface area contributed by atoms with Gasteiger partial charge in [0.2, 0.25) is 0 Å². The minimum Gasteiger partial charge on any atom is -0.508 e. The van der Waals surface area contributed by atoms with Gasteiger partial charge in [-0.05, 0) is 47.9 Å². The molecular weight excluding hydrogens is 196 g/mol. The van der Waals surface area contributed by atoms with E-state index in [9.17, 15) is 5.11 Å². The molecule has 1 N–H and O–H groups in total. The Hall–Kier alpha value is -0.980. The number of benzene rings is 1. The van der Waals surface area contributed by atoms with Gasteiger partial charge in [0, 0.05) is 0 Å². The van der Waals surface area contributed by atoms with Gasteiger partial charge in [0.15, 0.2) is 0 Å². The van der Waals surface area contributed by atoms with Gasteiger partial charge in [-0.2, -0.15) is 0 Å². The highest BCUT2D eigenvalue weighted by Gasteiger charge is 2.19. The van der Waals surface area contributed by atoms with Crippen LogP contribution in [0, 0.1) is 6.92 Å². The minimum absolute atomic E-state index is 0.0126. The van der Waals surface area contributed by atoms with Crippen molar-refractivity contribution in [2.24, 2.45) is 0 Å². The van der Waals surface area contributed by atoms with Crippen LogP contribution < -0.4 is 0 Å². The monoisotopic (exact) mass is 220 g/mol. The lowest BCUT2D eigenvalue weighted by atomic mass is 9.84. The fraction of sp³-hybridized carbons (Fsp3) is 0.600. The van der Waals surface area contributed by atoms with E-state index in [0.717, 1.165) is 12.0 Å². The third-order valence-electron chi connectivity index (χ3n) is 3.06. The summed E-state index contributed by atoms with van der Waals surface area (Å²) in [6.45, 7) is 10.7. The number of phenolic OH excluding ortho intramolecular Hbond substituents is 1. The summed E-state index contributed by atoms with van der Waals surface area (Å²) in [7, 11) is 0. The zero-order valence-electron chi connectivity index (χ0n) is 11.2. The molecule has 1 aromatic rings. The molecule has 0 atom stereocenters. The molecule has 0 unspecified atom stereocenters. The van der Waals surface area contributed by atoms with Crippen LogP contribution in [0.15, 0.2) is 12.1 Å². The molecule has 0 saturated heterocycles. The Morgan fingerprint density at radius 2 is 1.81 bits per heavy atom. The summed E-state index contributed by atoms with van der Waals surface area (Å²) >= 11 is 0. The number of aryl methyl sites for hydroxylation is 2. The number of hydrogen-bond acceptors (Lipinski definition) is 1. The average molecular weight is 220 g/mol. The van der Waals surface area contributed by atoms with Crippen LogP contribution in [0.1, 0.15) is 57.2 Å². The second kappa shape index (κ2) is 4.90. The van der Waals surface area contributed by atoms with Gasteiger partial charge in [-0.3, -0.25) is 0 Å². The number of hydrogen-bond donors (Lipinski definition) is 1. The lowest BCUT2D eigenvalue weighted by Crippen LogP contribution is -2.12. The molecule has 1 heteroatoms. The van der Waals surface area contributed by atoms with Gasteiger partial charge in [0.05, 0.1) is 0 Å². The van der Waals surface area contributed by atoms with Crippen molar-refractivity contribution in [2.75, 3.05) is 0 Å². The van der Waals surface area contributed by atoms with Crippen molar-refractivity contribution in [1.82, 2.24) is 0 Å². The van der Waals surface area contributed by atoms with E-state index >= 15 is 0 Å². The van der Waals surface area contributed by atoms with E-state index in [0.29, 0.717) is 5.75 Å². The molecule has 0 aliphatic carbocycles. The molecule has 0 spiro atoms. The summed E-state index contributed by atoms with van der Waals surface area (Å²) in [5, 5.41) is 9.98. The van der Waals surface area contributed by atoms with Gasteiger partial charge in [-0.25, -0.2) is 0 Å². The number of phenols is 1. The molecule has 1 rings (SSSR count). The first-order chi connectivity index (χ1) is 7.36. The van der Waals surface area contributed by atoms with Crippen LogP contribution in [-0.2, 0) is 11.8 Å². The van der Waals surface area contributed by atoms with Gasteiger partial charge >= 0.3 is 0 Å². The molecule has 0 fully saturated rings. The number of rotatable bonds is 3. The molecule has 16 heavy (non-hydrogen) atoms. The van der Waals surface area contributed by atoms with Crippen LogP contribution in [-0.4, -0.2) is 5.11 Å². The first kappa shape index (κ1) is 13.1. The zero-order valence-corrected chi connectivity index (χ0v) is 11.2. The predicted octanol–water partition coefficient (Wildman–Crippen LogP) is 4.34. The van der Waals surface area contributed by atoms with E-state index in [4.69, 9.17) is 0 Å². The summed E-state index contributed by atoms with van der Waals surface area (Å²) in [4.78, 5) is 0. The molecule has 1 nitrogen and oxygen atoms in total. The summed E-state index contributed by atoms with van der Waals surface area (Å²) in [6, 6.07) is 4.09. The van der Waals surface area contributed by atoms with Crippen molar-refractivity contribution in [3.63, 3.8) is 0 Å². The normalized spacial score (nSPS) is 11.8. The van der Waals surface area contributed by atoms with Crippen molar-refractivity contribution < 1.29 is 5.11 Å². The van der Waals surface area contributed by atoms with E-state index in [1.807, 2.05) is 6.07 Å². The predicted molar refractivity (Wildman–Crippen MR) is 70.2 cm³/mol. The molecule has 0 aliphatic rings. The largest absolute Gasteiger partial charge is 0.508 e. The van der Waals surface area contributed by atoms with Crippen molar-refractivity contribution in [3.05, 3.63) is 28.8 Å². The zero-order chi connectivity index (χ0) is 12.3. The quantitative estimate of drug-likeness (QED) is 0.803. The average Bonchev–Trinajstić information content (AvgIpc) is 2.14. The molecule has 90 valence electrons. The number of aromatic hydroxyl groups is 1. The third kappa shape index (κ3) is 3.01. The fourth-order valence-electron chi connectivity index (χ4n) is 1.97. The summed E-state index contributed by atoms with van der Waals surface area (Å²) in [5.41, 5.74) is 3.66. The first-order valence-corrected chi connectivity index (χ1v) is 6.19. The van der Waals surface area contributed by atoms with Crippen molar-refractivity contribution in [2.45, 2.75) is 59.3 Å². The molecule has 0 radical (unpaired) electrons. The Morgan fingerprint density at radius 3 is 2.31 bits per heavy atom. The summed E-state index contributed by atoms with van der Waals surface area (Å²) in [5.74, 6) is 0.435. The molecule has 0 amide bonds. The highest BCUT2D eigenvalue weighted by atomic mass is 16.3. The Labute approximate surface area is 99.5 Å². The summed E-state index contributed by atoms with van der Waals surface area (Å²) in [6.07, 6.45) is 3.55. The SMILES string of the molecule is CCCCc1cc(C(C)(C)C)c(O)cc1C. The minimum atomic E-state index is 0.0126. The molecule has 0 aromatic heterocycles. The topological polar surface area (TPSA) is 20.2 Å². The maximum atomic E-state index is 9.98. The summed E-state index contributed by atoms with van der Waals surface area (Å²) < 4.78 is 0. The lowest BCUT2D eigenvalue weighted by Gasteiger charge is -2.22. The molecule has 0 aliphatic heterocycles. The molecule has 0 bridgehead atoms. The van der Waals surface area contributed by atoms with E-state index in [1.165, 1.54) is 24.0 Å². The molecular formula is C15H24O. The second-order valence-electron chi connectivity index (χ2n) is 5.65. The Balaban J connectivity index is 3.11. The number of unbranched alkanes of at least 4 members (excludes halogenated alkanes) is 1. The smallest absolute Gasteiger partial charge is 0.119 e. The maximum absolute atomic E-state index is 9.98. The van der Waals surface area contributed by atoms with Crippen molar-refractivity contribution in [1.29, 1.82) is 0 Å². The molecule has 0 saturated carbocycles. The Kier molecular flexibility index (Phi) is 4.01. The maximum Gasteiger partial charge on any atom is 0.119 e. The third-order valence-corrected chi connectivity index (χ3v) is 3.06. The van der Waals surface area contributed by atoms with E-state index in [2.05, 4.69) is 40.7 Å². The highest BCUT2D eigenvalue weighted by molar-refractivity contribution is 5.44. The van der Waals surface area contributed by atoms with Crippen molar-refractivity contribution in [3.8, 4) is 5.75 Å². The fourth-order valence-corrected chi connectivity index (χ4v) is 1.97. The second-order valence-corrected chi connectivity index (χ2v) is 5.65. The Bertz CT molecular complexity index is 358. The van der Waals surface area contributed by atoms with E-state index in [1.54, 1.807) is 0 Å². The molecule has 0 heterocycles. The highest BCUT2D eigenvalue weighted by Crippen LogP contribution is 2.33. The van der Waals surface area contributed by atoms with E-state index < -0.39 is 0 Å². The standard InChI is InChI=1S/C15H24O/c1-6-7-8-12-10-13(15(3,4)5)14(16)9-11(12)2/h9-10,16H,6-8H2,1-5H3. The lowest BCUT2D eigenvalue weighted by molar-refractivity contribution is 0.445. The van der Waals surface area contributed by atoms with Gasteiger partial charge in [-0.1, -0.05) is 40.2 Å². The van der Waals surface area contributed by atoms with Crippen LogP contribution >= 0.6 is 0 Å². The van der Waals surface area contributed by atoms with Gasteiger partial charge in [0.25, 0.3) is 0 Å². The van der Waals surface area contributed by atoms with Crippen molar-refractivity contribution >= 4 is 0 Å². The van der Waals surface area contributed by atoms with Gasteiger partial charge in [0.1, 0.15) is 5.75 Å². The first-order valence-electron chi connectivity index (χ1n) is 6.19. The van der Waals surface area contributed by atoms with Gasteiger partial charge in [-0.15, -0.1) is 0 Å². The van der Waals surface area contributed by atoms with Crippen LogP contribution in [0.3, 0.4) is 0 Å². The molecule has 1 aromatic carbocycles.